The molecule has 0 atom stereocenters. The Balaban J connectivity index is 2.93. The second-order valence-corrected chi connectivity index (χ2v) is 0.533. The fourth-order valence-electron chi connectivity index (χ4n) is 0.0577. The number of hydrogen-bond donors (Lipinski definition) is 1. The van der Waals surface area contributed by atoms with E-state index in [1.807, 2.05) is 0 Å². The number of nitrogens with zero attached hydrogens (tertiary/aromatic N) is 2. The van der Waals surface area contributed by atoms with Crippen LogP contribution in [0.5, 0.6) is 0 Å². The molecule has 0 aromatic carbocycles. The topological polar surface area (TPSA) is 48.4 Å². The molecule has 0 bridgehead atoms. The standard InChI is InChI=1S/C2H5N3/c1-4-2-5-3/h2,4H,1H3. The van der Waals surface area contributed by atoms with E-state index in [4.69, 9.17) is 5.53 Å². The average Bonchev–Trinajstić information content (AvgIpc) is 1.41. The molecular weight excluding hydrogens is 66.0 g/mol. The van der Waals surface area contributed by atoms with E-state index < -0.39 is 0 Å². The van der Waals surface area contributed by atoms with E-state index in [0.717, 1.165) is 0 Å². The zero-order valence-corrected chi connectivity index (χ0v) is 2.97. The molecule has 0 radical (unpaired) electrons. The third kappa shape index (κ3) is 3.18. The summed E-state index contributed by atoms with van der Waals surface area (Å²) in [5.74, 6) is 0. The summed E-state index contributed by atoms with van der Waals surface area (Å²) in [6.45, 7) is 0. The predicted octanol–water partition coefficient (Wildman–Crippen LogP) is -0.536. The highest BCUT2D eigenvalue weighted by molar-refractivity contribution is 5.45. The van der Waals surface area contributed by atoms with Gasteiger partial charge in [-0.05, 0) is 0 Å². The molecule has 0 aliphatic carbocycles. The maximum atomic E-state index is 7.57. The van der Waals surface area contributed by atoms with Crippen molar-refractivity contribution in [3.05, 3.63) is 5.53 Å². The SMILES string of the molecule is CNC=[N+]=[N-]. The Kier molecular flexibility index (Phi) is 2.66. The third-order valence-electron chi connectivity index (χ3n) is 0.187. The summed E-state index contributed by atoms with van der Waals surface area (Å²) in [7, 11) is 1.65. The fraction of sp³-hybridized carbons (Fsp3) is 0.500. The summed E-state index contributed by atoms with van der Waals surface area (Å²) >= 11 is 0. The normalized spacial score (nSPS) is 5.00. The van der Waals surface area contributed by atoms with Crippen LogP contribution in [0.25, 0.3) is 5.53 Å². The van der Waals surface area contributed by atoms with Gasteiger partial charge in [0.2, 0.25) is 0 Å². The van der Waals surface area contributed by atoms with Gasteiger partial charge in [-0.3, -0.25) is 5.32 Å². The van der Waals surface area contributed by atoms with Gasteiger partial charge in [-0.15, -0.1) is 0 Å². The maximum Gasteiger partial charge on any atom is 0.314 e. The fourth-order valence-corrected chi connectivity index (χ4v) is 0.0577. The quantitative estimate of drug-likeness (QED) is 0.192. The minimum Gasteiger partial charge on any atom is -0.498 e. The summed E-state index contributed by atoms with van der Waals surface area (Å²) in [4.78, 5) is 2.62. The lowest BCUT2D eigenvalue weighted by Crippen LogP contribution is -2.00. The second kappa shape index (κ2) is 3.18. The molecule has 0 aliphatic heterocycles. The van der Waals surface area contributed by atoms with Crippen molar-refractivity contribution in [1.82, 2.24) is 5.32 Å². The van der Waals surface area contributed by atoms with Crippen LogP contribution in [0.15, 0.2) is 0 Å². The van der Waals surface area contributed by atoms with Crippen molar-refractivity contribution in [3.8, 4) is 0 Å². The van der Waals surface area contributed by atoms with E-state index in [1.165, 1.54) is 6.34 Å². The van der Waals surface area contributed by atoms with Gasteiger partial charge in [-0.1, -0.05) is 0 Å². The summed E-state index contributed by atoms with van der Waals surface area (Å²) < 4.78 is 0. The summed E-state index contributed by atoms with van der Waals surface area (Å²) in [5, 5.41) is 2.48. The monoisotopic (exact) mass is 71.0 g/mol. The molecule has 0 saturated heterocycles. The molecule has 0 rings (SSSR count). The minimum atomic E-state index is 1.18. The van der Waals surface area contributed by atoms with Crippen molar-refractivity contribution in [2.45, 2.75) is 0 Å². The average molecular weight is 71.1 g/mol. The first-order valence-corrected chi connectivity index (χ1v) is 1.25. The Morgan fingerprint density at radius 3 is 2.60 bits per heavy atom. The van der Waals surface area contributed by atoms with Gasteiger partial charge in [0.15, 0.2) is 0 Å². The molecule has 28 valence electrons. The first-order chi connectivity index (χ1) is 2.41. The Morgan fingerprint density at radius 2 is 2.60 bits per heavy atom. The largest absolute Gasteiger partial charge is 0.498 e. The van der Waals surface area contributed by atoms with Crippen LogP contribution in [-0.4, -0.2) is 18.2 Å². The van der Waals surface area contributed by atoms with Crippen molar-refractivity contribution in [3.63, 3.8) is 0 Å². The van der Waals surface area contributed by atoms with E-state index in [1.54, 1.807) is 7.05 Å². The van der Waals surface area contributed by atoms with Crippen LogP contribution < -0.4 is 5.32 Å². The molecule has 0 aliphatic rings. The van der Waals surface area contributed by atoms with Crippen molar-refractivity contribution in [2.75, 3.05) is 7.05 Å². The molecule has 0 unspecified atom stereocenters. The van der Waals surface area contributed by atoms with Crippen molar-refractivity contribution >= 4 is 6.34 Å². The van der Waals surface area contributed by atoms with E-state index >= 15 is 0 Å². The molecular formula is C2H5N3. The highest BCUT2D eigenvalue weighted by atomic mass is 14.9. The first-order valence-electron chi connectivity index (χ1n) is 1.25. The van der Waals surface area contributed by atoms with E-state index in [-0.39, 0.29) is 0 Å². The Hall–Kier alpha value is -0.820. The smallest absolute Gasteiger partial charge is 0.314 e. The number of rotatable bonds is 1. The van der Waals surface area contributed by atoms with Gasteiger partial charge in [0, 0.05) is 0 Å². The summed E-state index contributed by atoms with van der Waals surface area (Å²) in [5.41, 5.74) is 7.57. The zero-order valence-electron chi connectivity index (χ0n) is 2.97. The molecule has 1 N–H and O–H groups in total. The van der Waals surface area contributed by atoms with Crippen LogP contribution in [-0.2, 0) is 0 Å². The highest BCUT2D eigenvalue weighted by Gasteiger charge is 1.53. The van der Waals surface area contributed by atoms with Gasteiger partial charge >= 0.3 is 6.34 Å². The Bertz CT molecular complexity index is 51.9. The minimum absolute atomic E-state index is 1.18. The van der Waals surface area contributed by atoms with Crippen molar-refractivity contribution in [1.29, 1.82) is 0 Å². The van der Waals surface area contributed by atoms with E-state index in [0.29, 0.717) is 0 Å². The van der Waals surface area contributed by atoms with Crippen LogP contribution in [0, 0.1) is 0 Å². The molecule has 0 aromatic heterocycles. The van der Waals surface area contributed by atoms with Crippen molar-refractivity contribution < 1.29 is 4.79 Å². The number of hydrogen-bond acceptors (Lipinski definition) is 0. The molecule has 0 aromatic rings. The lowest BCUT2D eigenvalue weighted by Gasteiger charge is -1.61. The first kappa shape index (κ1) is 4.18. The molecule has 0 fully saturated rings. The second-order valence-electron chi connectivity index (χ2n) is 0.533. The zero-order chi connectivity index (χ0) is 4.12. The molecule has 0 saturated carbocycles. The molecule has 0 heterocycles. The lowest BCUT2D eigenvalue weighted by atomic mass is 11.2. The lowest BCUT2D eigenvalue weighted by molar-refractivity contribution is -0.000498. The molecule has 0 amide bonds. The Morgan fingerprint density at radius 1 is 2.00 bits per heavy atom. The summed E-state index contributed by atoms with van der Waals surface area (Å²) in [6.07, 6.45) is 1.18. The predicted molar refractivity (Wildman–Crippen MR) is 18.7 cm³/mol. The van der Waals surface area contributed by atoms with Crippen LogP contribution >= 0.6 is 0 Å². The van der Waals surface area contributed by atoms with Gasteiger partial charge < -0.3 is 10.3 Å². The van der Waals surface area contributed by atoms with E-state index in [2.05, 4.69) is 10.1 Å². The highest BCUT2D eigenvalue weighted by Crippen LogP contribution is 1.16. The Labute approximate surface area is 30.2 Å². The molecule has 5 heavy (non-hydrogen) atoms. The van der Waals surface area contributed by atoms with Crippen LogP contribution in [0.4, 0.5) is 0 Å². The number of nitrogens with one attached hydrogen (secondary N) is 1. The maximum absolute atomic E-state index is 7.57. The molecule has 0 spiro atoms. The van der Waals surface area contributed by atoms with Gasteiger partial charge in [0.25, 0.3) is 0 Å². The van der Waals surface area contributed by atoms with Gasteiger partial charge in [0.1, 0.15) is 0 Å². The van der Waals surface area contributed by atoms with Crippen LogP contribution in [0.3, 0.4) is 0 Å². The van der Waals surface area contributed by atoms with Gasteiger partial charge in [0.05, 0.1) is 7.05 Å². The van der Waals surface area contributed by atoms with Crippen LogP contribution in [0.1, 0.15) is 0 Å². The molecule has 3 nitrogen and oxygen atoms in total. The van der Waals surface area contributed by atoms with Crippen LogP contribution in [0.2, 0.25) is 0 Å². The summed E-state index contributed by atoms with van der Waals surface area (Å²) in [6, 6.07) is 0. The molecule has 3 heteroatoms. The third-order valence-corrected chi connectivity index (χ3v) is 0.187. The van der Waals surface area contributed by atoms with Gasteiger partial charge in [-0.2, -0.15) is 0 Å². The van der Waals surface area contributed by atoms with Crippen molar-refractivity contribution in [2.24, 2.45) is 0 Å². The van der Waals surface area contributed by atoms with Gasteiger partial charge in [-0.25, -0.2) is 0 Å². The van der Waals surface area contributed by atoms with E-state index in [9.17, 15) is 0 Å².